The minimum atomic E-state index is -0.189. The molecule has 0 heterocycles. The van der Waals surface area contributed by atoms with Crippen LogP contribution in [0.1, 0.15) is 32.3 Å². The molecule has 1 aromatic rings. The van der Waals surface area contributed by atoms with E-state index in [1.54, 1.807) is 11.8 Å². The first-order valence-corrected chi connectivity index (χ1v) is 8.26. The normalized spacial score (nSPS) is 12.2. The van der Waals surface area contributed by atoms with Gasteiger partial charge in [0, 0.05) is 10.6 Å². The van der Waals surface area contributed by atoms with E-state index in [2.05, 4.69) is 31.3 Å². The van der Waals surface area contributed by atoms with Crippen molar-refractivity contribution in [2.24, 2.45) is 0 Å². The average molecular weight is 295 g/mol. The van der Waals surface area contributed by atoms with Crippen LogP contribution in [0.15, 0.2) is 29.2 Å². The summed E-state index contributed by atoms with van der Waals surface area (Å²) in [5, 5.41) is 3.27. The third kappa shape index (κ3) is 5.97. The molecule has 1 rings (SSSR count). The van der Waals surface area contributed by atoms with Gasteiger partial charge in [0.25, 0.3) is 0 Å². The van der Waals surface area contributed by atoms with Gasteiger partial charge in [0.05, 0.1) is 6.61 Å². The van der Waals surface area contributed by atoms with Gasteiger partial charge in [0.1, 0.15) is 6.04 Å². The largest absolute Gasteiger partial charge is 0.465 e. The molecule has 0 spiro atoms. The number of hydrogen-bond acceptors (Lipinski definition) is 4. The minimum Gasteiger partial charge on any atom is -0.465 e. The monoisotopic (exact) mass is 295 g/mol. The Bertz CT molecular complexity index is 409. The highest BCUT2D eigenvalue weighted by molar-refractivity contribution is 7.99. The molecule has 4 heteroatoms. The summed E-state index contributed by atoms with van der Waals surface area (Å²) >= 11 is 1.80. The Balaban J connectivity index is 2.45. The third-order valence-electron chi connectivity index (χ3n) is 2.97. The van der Waals surface area contributed by atoms with Crippen molar-refractivity contribution in [1.29, 1.82) is 0 Å². The summed E-state index contributed by atoms with van der Waals surface area (Å²) in [7, 11) is 0. The second-order valence-corrected chi connectivity index (χ2v) is 5.80. The molecular weight excluding hydrogens is 270 g/mol. The zero-order valence-corrected chi connectivity index (χ0v) is 13.5. The second-order valence-electron chi connectivity index (χ2n) is 4.66. The molecule has 0 bridgehead atoms. The molecule has 0 radical (unpaired) electrons. The number of hydrogen-bond donors (Lipinski definition) is 1. The molecule has 0 aliphatic rings. The van der Waals surface area contributed by atoms with E-state index in [4.69, 9.17) is 4.74 Å². The van der Waals surface area contributed by atoms with Crippen LogP contribution in [0.5, 0.6) is 0 Å². The van der Waals surface area contributed by atoms with E-state index < -0.39 is 0 Å². The van der Waals surface area contributed by atoms with Gasteiger partial charge in [0.2, 0.25) is 0 Å². The molecule has 0 saturated carbocycles. The molecule has 0 fully saturated rings. The lowest BCUT2D eigenvalue weighted by atomic mass is 10.2. The summed E-state index contributed by atoms with van der Waals surface area (Å²) in [4.78, 5) is 13.1. The number of carbonyl (C=O) groups excluding carboxylic acids is 1. The van der Waals surface area contributed by atoms with Crippen LogP contribution in [-0.2, 0) is 9.53 Å². The van der Waals surface area contributed by atoms with Crippen molar-refractivity contribution in [3.05, 3.63) is 29.8 Å². The van der Waals surface area contributed by atoms with Gasteiger partial charge in [0.15, 0.2) is 0 Å². The molecule has 1 unspecified atom stereocenters. The van der Waals surface area contributed by atoms with Crippen LogP contribution in [0.4, 0.5) is 0 Å². The highest BCUT2D eigenvalue weighted by atomic mass is 32.2. The first-order valence-electron chi connectivity index (χ1n) is 7.27. The summed E-state index contributed by atoms with van der Waals surface area (Å²) in [5.41, 5.74) is 1.28. The number of rotatable bonds is 9. The zero-order chi connectivity index (χ0) is 14.8. The molecule has 0 aliphatic carbocycles. The molecule has 20 heavy (non-hydrogen) atoms. The number of nitrogens with one attached hydrogen (secondary N) is 1. The van der Waals surface area contributed by atoms with Crippen LogP contribution in [0.25, 0.3) is 0 Å². The third-order valence-corrected chi connectivity index (χ3v) is 4.18. The van der Waals surface area contributed by atoms with E-state index >= 15 is 0 Å². The Kier molecular flexibility index (Phi) is 8.38. The Morgan fingerprint density at radius 2 is 2.10 bits per heavy atom. The lowest BCUT2D eigenvalue weighted by Crippen LogP contribution is -2.39. The lowest BCUT2D eigenvalue weighted by molar-refractivity contribution is -0.145. The zero-order valence-electron chi connectivity index (χ0n) is 12.6. The summed E-state index contributed by atoms with van der Waals surface area (Å²) in [6, 6.07) is 8.14. The number of thioether (sulfide) groups is 1. The van der Waals surface area contributed by atoms with Gasteiger partial charge in [-0.2, -0.15) is 0 Å². The average Bonchev–Trinajstić information content (AvgIpc) is 2.44. The van der Waals surface area contributed by atoms with Crippen molar-refractivity contribution in [2.45, 2.75) is 44.6 Å². The predicted molar refractivity (Wildman–Crippen MR) is 85.2 cm³/mol. The summed E-state index contributed by atoms with van der Waals surface area (Å²) in [6.07, 6.45) is 1.80. The smallest absolute Gasteiger partial charge is 0.323 e. The Morgan fingerprint density at radius 3 is 2.75 bits per heavy atom. The van der Waals surface area contributed by atoms with Gasteiger partial charge in [-0.3, -0.25) is 4.79 Å². The molecule has 3 nitrogen and oxygen atoms in total. The second kappa shape index (κ2) is 9.83. The fourth-order valence-corrected chi connectivity index (χ4v) is 2.91. The van der Waals surface area contributed by atoms with E-state index in [-0.39, 0.29) is 12.0 Å². The molecular formula is C16H25NO2S. The van der Waals surface area contributed by atoms with Crippen LogP contribution >= 0.6 is 11.8 Å². The van der Waals surface area contributed by atoms with E-state index in [0.717, 1.165) is 25.1 Å². The quantitative estimate of drug-likeness (QED) is 0.560. The van der Waals surface area contributed by atoms with Gasteiger partial charge in [-0.25, -0.2) is 0 Å². The van der Waals surface area contributed by atoms with E-state index in [1.807, 2.05) is 19.1 Å². The molecule has 0 aromatic heterocycles. The summed E-state index contributed by atoms with van der Waals surface area (Å²) < 4.78 is 5.12. The molecule has 0 saturated heterocycles. The van der Waals surface area contributed by atoms with Crippen LogP contribution < -0.4 is 5.32 Å². The van der Waals surface area contributed by atoms with Crippen LogP contribution in [0.2, 0.25) is 0 Å². The lowest BCUT2D eigenvalue weighted by Gasteiger charge is -2.16. The van der Waals surface area contributed by atoms with Crippen molar-refractivity contribution < 1.29 is 9.53 Å². The van der Waals surface area contributed by atoms with Gasteiger partial charge in [-0.1, -0.05) is 25.1 Å². The van der Waals surface area contributed by atoms with Crippen LogP contribution in [0, 0.1) is 6.92 Å². The maximum atomic E-state index is 11.9. The van der Waals surface area contributed by atoms with Crippen molar-refractivity contribution in [1.82, 2.24) is 5.32 Å². The van der Waals surface area contributed by atoms with E-state index in [0.29, 0.717) is 6.61 Å². The van der Waals surface area contributed by atoms with Gasteiger partial charge >= 0.3 is 5.97 Å². The summed E-state index contributed by atoms with van der Waals surface area (Å²) in [5.74, 6) is 0.775. The van der Waals surface area contributed by atoms with E-state index in [9.17, 15) is 4.79 Å². The van der Waals surface area contributed by atoms with Crippen LogP contribution in [0.3, 0.4) is 0 Å². The molecule has 1 N–H and O–H groups in total. The number of ether oxygens (including phenoxy) is 1. The van der Waals surface area contributed by atoms with Crippen molar-refractivity contribution in [2.75, 3.05) is 18.9 Å². The fourth-order valence-electron chi connectivity index (χ4n) is 1.87. The maximum absolute atomic E-state index is 11.9. The predicted octanol–water partition coefficient (Wildman–Crippen LogP) is 3.41. The highest BCUT2D eigenvalue weighted by Crippen LogP contribution is 2.22. The standard InChI is InChI=1S/C16H25NO2S/c1-4-11-17-14(16(18)19-5-2)10-12-20-15-9-7-6-8-13(15)3/h6-9,14,17H,4-5,10-12H2,1-3H3. The number of benzene rings is 1. The van der Waals surface area contributed by atoms with Crippen LogP contribution in [-0.4, -0.2) is 30.9 Å². The highest BCUT2D eigenvalue weighted by Gasteiger charge is 2.18. The molecule has 0 amide bonds. The van der Waals surface area contributed by atoms with Crippen molar-refractivity contribution in [3.8, 4) is 0 Å². The summed E-state index contributed by atoms with van der Waals surface area (Å²) in [6.45, 7) is 7.33. The minimum absolute atomic E-state index is 0.133. The molecule has 1 atom stereocenters. The number of esters is 1. The topological polar surface area (TPSA) is 38.3 Å². The Morgan fingerprint density at radius 1 is 1.35 bits per heavy atom. The first-order chi connectivity index (χ1) is 9.69. The number of aryl methyl sites for hydroxylation is 1. The van der Waals surface area contributed by atoms with Gasteiger partial charge in [-0.05, 0) is 44.9 Å². The fraction of sp³-hybridized carbons (Fsp3) is 0.562. The molecule has 112 valence electrons. The maximum Gasteiger partial charge on any atom is 0.323 e. The van der Waals surface area contributed by atoms with Gasteiger partial charge in [-0.15, -0.1) is 11.8 Å². The van der Waals surface area contributed by atoms with Crippen molar-refractivity contribution in [3.63, 3.8) is 0 Å². The van der Waals surface area contributed by atoms with E-state index in [1.165, 1.54) is 10.5 Å². The first kappa shape index (κ1) is 17.1. The number of carbonyl (C=O) groups is 1. The molecule has 0 aliphatic heterocycles. The molecule has 1 aromatic carbocycles. The van der Waals surface area contributed by atoms with Crippen molar-refractivity contribution >= 4 is 17.7 Å². The Hall–Kier alpha value is -1.00. The van der Waals surface area contributed by atoms with Gasteiger partial charge < -0.3 is 10.1 Å². The SMILES string of the molecule is CCCNC(CCSc1ccccc1C)C(=O)OCC. The Labute approximate surface area is 126 Å².